The number of aromatic hydroxyl groups is 3. The summed E-state index contributed by atoms with van der Waals surface area (Å²) in [5.74, 6) is 3.48. The highest BCUT2D eigenvalue weighted by atomic mass is 16.5. The molecule has 3 N–H and O–H groups in total. The fourth-order valence-corrected chi connectivity index (χ4v) is 12.6. The summed E-state index contributed by atoms with van der Waals surface area (Å²) in [4.78, 5) is 23.0. The molecule has 0 fully saturated rings. The van der Waals surface area contributed by atoms with Crippen LogP contribution in [0.15, 0.2) is 140 Å². The number of nitrogens with zero attached hydrogens (tertiary/aromatic N) is 6. The van der Waals surface area contributed by atoms with E-state index in [1.807, 2.05) is 54.6 Å². The highest BCUT2D eigenvalue weighted by Gasteiger charge is 2.34. The molecule has 0 amide bonds. The Labute approximate surface area is 450 Å². The molecule has 6 aromatic carbocycles. The number of rotatable bonds is 6. The van der Waals surface area contributed by atoms with Crippen LogP contribution in [0.3, 0.4) is 0 Å². The summed E-state index contributed by atoms with van der Waals surface area (Å²) in [7, 11) is 9.76. The van der Waals surface area contributed by atoms with Crippen molar-refractivity contribution in [3.8, 4) is 51.7 Å². The van der Waals surface area contributed by atoms with E-state index in [0.717, 1.165) is 136 Å². The lowest BCUT2D eigenvalue weighted by molar-refractivity contribution is 0.310. The smallest absolute Gasteiger partial charge is 0.162 e. The third-order valence-electron chi connectivity index (χ3n) is 16.5. The molecular weight excluding hydrogens is 985 g/mol. The van der Waals surface area contributed by atoms with Gasteiger partial charge in [-0.2, -0.15) is 0 Å². The Morgan fingerprint density at radius 1 is 0.372 bits per heavy atom. The normalized spacial score (nSPS) is 17.2. The van der Waals surface area contributed by atoms with Gasteiger partial charge in [-0.15, -0.1) is 0 Å². The number of hydrogen-bond donors (Lipinski definition) is 3. The van der Waals surface area contributed by atoms with Crippen LogP contribution in [0, 0.1) is 0 Å². The molecule has 0 saturated carbocycles. The Morgan fingerprint density at radius 3 is 0.936 bits per heavy atom. The molecule has 15 heteroatoms. The van der Waals surface area contributed by atoms with Crippen LogP contribution in [-0.2, 0) is 38.9 Å². The van der Waals surface area contributed by atoms with E-state index in [-0.39, 0.29) is 17.2 Å². The first-order chi connectivity index (χ1) is 38.0. The van der Waals surface area contributed by atoms with E-state index in [1.54, 1.807) is 42.7 Å². The van der Waals surface area contributed by atoms with E-state index in [1.165, 1.54) is 0 Å². The largest absolute Gasteiger partial charge is 0.504 e. The zero-order valence-corrected chi connectivity index (χ0v) is 44.6. The van der Waals surface area contributed by atoms with Crippen LogP contribution in [0.2, 0.25) is 0 Å². The Balaban J connectivity index is 1.03. The topological polar surface area (TPSA) is 163 Å². The van der Waals surface area contributed by atoms with Gasteiger partial charge in [-0.3, -0.25) is 0 Å². The molecule has 0 aromatic heterocycles. The maximum absolute atomic E-state index is 12.1. The molecule has 13 rings (SSSR count). The van der Waals surface area contributed by atoms with Crippen molar-refractivity contribution < 1.29 is 43.7 Å². The second-order valence-electron chi connectivity index (χ2n) is 20.8. The quantitative estimate of drug-likeness (QED) is 0.190. The average molecular weight is 1050 g/mol. The summed E-state index contributed by atoms with van der Waals surface area (Å²) in [6, 6.07) is 30.2. The molecule has 0 saturated heterocycles. The van der Waals surface area contributed by atoms with E-state index in [2.05, 4.69) is 51.1 Å². The van der Waals surface area contributed by atoms with Crippen molar-refractivity contribution in [1.29, 1.82) is 0 Å². The number of phenolic OH excluding ortho intramolecular Hbond substituents is 3. The third-order valence-corrected chi connectivity index (χ3v) is 16.5. The fraction of sp³-hybridized carbons (Fsp3) is 0.286. The number of phenols is 3. The lowest BCUT2D eigenvalue weighted by atomic mass is 9.94. The fourth-order valence-electron chi connectivity index (χ4n) is 12.6. The first-order valence-corrected chi connectivity index (χ1v) is 26.4. The van der Waals surface area contributed by atoms with E-state index in [0.29, 0.717) is 92.5 Å². The van der Waals surface area contributed by atoms with Gasteiger partial charge in [0.25, 0.3) is 0 Å². The van der Waals surface area contributed by atoms with Crippen LogP contribution < -0.4 is 60.1 Å². The predicted molar refractivity (Wildman–Crippen MR) is 293 cm³/mol. The van der Waals surface area contributed by atoms with Crippen LogP contribution in [0.4, 0.5) is 0 Å². The number of fused-ring (bicyclic) bond motifs is 15. The second kappa shape index (κ2) is 19.3. The van der Waals surface area contributed by atoms with Crippen molar-refractivity contribution in [2.45, 2.75) is 58.2 Å². The molecule has 7 aliphatic rings. The molecule has 6 bridgehead atoms. The molecule has 0 atom stereocenters. The van der Waals surface area contributed by atoms with Crippen molar-refractivity contribution in [3.63, 3.8) is 0 Å². The van der Waals surface area contributed by atoms with Crippen molar-refractivity contribution in [1.82, 2.24) is 14.7 Å². The molecule has 0 radical (unpaired) electrons. The van der Waals surface area contributed by atoms with Gasteiger partial charge in [0.15, 0.2) is 34.5 Å². The number of ether oxygens (including phenoxy) is 6. The number of hydrogen-bond acceptors (Lipinski definition) is 15. The summed E-state index contributed by atoms with van der Waals surface area (Å²) < 4.78 is 34.9. The number of allylic oxidation sites excluding steroid dienone is 6. The Morgan fingerprint density at radius 2 is 0.667 bits per heavy atom. The molecule has 6 aromatic rings. The molecule has 15 nitrogen and oxygen atoms in total. The highest BCUT2D eigenvalue weighted by molar-refractivity contribution is 5.72. The van der Waals surface area contributed by atoms with Crippen molar-refractivity contribution in [3.05, 3.63) is 190 Å². The lowest BCUT2D eigenvalue weighted by Crippen LogP contribution is -2.32. The number of methoxy groups -OCH3 is 6. The molecule has 78 heavy (non-hydrogen) atoms. The maximum Gasteiger partial charge on any atom is 0.162 e. The zero-order chi connectivity index (χ0) is 53.5. The van der Waals surface area contributed by atoms with Gasteiger partial charge in [0.05, 0.1) is 75.8 Å². The summed E-state index contributed by atoms with van der Waals surface area (Å²) in [5, 5.41) is 42.2. The Bertz CT molecular complexity index is 3670. The molecule has 396 valence electrons. The van der Waals surface area contributed by atoms with Gasteiger partial charge in [0.2, 0.25) is 0 Å². The summed E-state index contributed by atoms with van der Waals surface area (Å²) in [6.45, 7) is 3.01. The molecule has 0 unspecified atom stereocenters. The van der Waals surface area contributed by atoms with Gasteiger partial charge < -0.3 is 58.4 Å². The van der Waals surface area contributed by atoms with E-state index in [9.17, 15) is 15.3 Å². The highest BCUT2D eigenvalue weighted by Crippen LogP contribution is 2.44. The molecule has 7 heterocycles. The minimum atomic E-state index is 0.0659. The number of benzene rings is 6. The van der Waals surface area contributed by atoms with Gasteiger partial charge in [-0.05, 0) is 125 Å². The first-order valence-electron chi connectivity index (χ1n) is 26.4. The summed E-state index contributed by atoms with van der Waals surface area (Å²) >= 11 is 0. The molecule has 0 aliphatic carbocycles. The average Bonchev–Trinajstić information content (AvgIpc) is 4.15. The van der Waals surface area contributed by atoms with E-state index < -0.39 is 0 Å². The van der Waals surface area contributed by atoms with Crippen LogP contribution in [0.5, 0.6) is 51.7 Å². The van der Waals surface area contributed by atoms with E-state index in [4.69, 9.17) is 43.4 Å². The third kappa shape index (κ3) is 8.21. The second-order valence-corrected chi connectivity index (χ2v) is 20.8. The standard InChI is InChI=1S/C63H60N6O9/c1-73-40-7-10-43-46-13-16-67-31-37-20-35(26-56(77-5)61(37)70)23-53-59-48(45-12-9-41(74-2)29-50(45)65-59)15-18-69(53)33-39-21-36(27-57(78-6)63(39)72)24-54-60-47(44-11-8-42(75-3)30-51(44)66-60)14-17-68(54)32-38-19-34(25-55(76-4)62(38)71)22-52(67)58(46)64-49(43)28-40/h7-12,19-21,25-30,70-72H,13-18,22-24,31-33H2,1-6H3. The minimum Gasteiger partial charge on any atom is -0.504 e. The van der Waals surface area contributed by atoms with E-state index >= 15 is 0 Å². The lowest BCUT2D eigenvalue weighted by Gasteiger charge is -2.35. The molecular formula is C63H60N6O9. The summed E-state index contributed by atoms with van der Waals surface area (Å²) in [5.41, 5.74) is 13.9. The van der Waals surface area contributed by atoms with Crippen LogP contribution in [0.1, 0.15) is 52.6 Å². The van der Waals surface area contributed by atoms with Crippen molar-refractivity contribution in [2.24, 2.45) is 15.0 Å². The first kappa shape index (κ1) is 48.8. The maximum atomic E-state index is 12.1. The van der Waals surface area contributed by atoms with Gasteiger partial charge in [0.1, 0.15) is 17.2 Å². The zero-order valence-electron chi connectivity index (χ0n) is 44.6. The SMILES string of the molecule is COc1ccc2c(c1)=NC1=C3Cc4cc(c(O)c(OC)c4)CN4CCC5=c6ccc(OC)cc6=NC5=C4Cc4cc(c(O)c(OC)c4)CN4CCC5=c6ccc(OC)cc6=NC5=C4Cc4cc(c(O)c(OC)c4)CN3CCC=21. The van der Waals surface area contributed by atoms with Gasteiger partial charge in [-0.25, -0.2) is 15.0 Å². The van der Waals surface area contributed by atoms with Gasteiger partial charge >= 0.3 is 0 Å². The summed E-state index contributed by atoms with van der Waals surface area (Å²) in [6.07, 6.45) is 3.52. The van der Waals surface area contributed by atoms with Crippen molar-refractivity contribution in [2.75, 3.05) is 62.3 Å². The van der Waals surface area contributed by atoms with Crippen molar-refractivity contribution >= 4 is 16.7 Å². The van der Waals surface area contributed by atoms with Gasteiger partial charge in [0, 0.05) is 126 Å². The van der Waals surface area contributed by atoms with Crippen LogP contribution in [0.25, 0.3) is 16.7 Å². The minimum absolute atomic E-state index is 0.0659. The Kier molecular flexibility index (Phi) is 12.1. The Hall–Kier alpha value is -8.85. The van der Waals surface area contributed by atoms with Gasteiger partial charge in [-0.1, -0.05) is 0 Å². The monoisotopic (exact) mass is 1040 g/mol. The predicted octanol–water partition coefficient (Wildman–Crippen LogP) is 5.60. The van der Waals surface area contributed by atoms with Crippen LogP contribution >= 0.6 is 0 Å². The van der Waals surface area contributed by atoms with Crippen LogP contribution in [-0.4, -0.2) is 92.3 Å². The molecule has 7 aliphatic heterocycles. The molecule has 0 spiro atoms.